The van der Waals surface area contributed by atoms with Gasteiger partial charge < -0.3 is 4.57 Å². The molecule has 4 rings (SSSR count). The molecule has 0 radical (unpaired) electrons. The Morgan fingerprint density at radius 1 is 0.879 bits per heavy atom. The van der Waals surface area contributed by atoms with E-state index in [4.69, 9.17) is 4.98 Å². The largest absolute Gasteiger partial charge is 0.328 e. The Morgan fingerprint density at radius 2 is 1.58 bits per heavy atom. The van der Waals surface area contributed by atoms with Crippen molar-refractivity contribution in [2.75, 3.05) is 4.72 Å². The number of imidazole rings is 1. The molecule has 33 heavy (non-hydrogen) atoms. The average molecular weight is 462 g/mol. The molecular weight excluding hydrogens is 430 g/mol. The standard InChI is InChI=1S/C27H31N3O2S/c1-5-16-30-25-9-7-6-8-24(25)28-27(30)15-12-22-10-13-23(14-11-22)29-33(31,32)26-18-20(3)19(2)17-21(26)4/h6-11,13-14,17-18,29H,5,12,15-16H2,1-4H3. The molecule has 1 heterocycles. The molecule has 1 N–H and O–H groups in total. The van der Waals surface area contributed by atoms with Gasteiger partial charge >= 0.3 is 0 Å². The third kappa shape index (κ3) is 4.96. The van der Waals surface area contributed by atoms with Crippen LogP contribution in [-0.4, -0.2) is 18.0 Å². The second kappa shape index (κ2) is 9.40. The van der Waals surface area contributed by atoms with Crippen LogP contribution >= 0.6 is 0 Å². The lowest BCUT2D eigenvalue weighted by molar-refractivity contribution is 0.600. The third-order valence-corrected chi connectivity index (χ3v) is 7.63. The van der Waals surface area contributed by atoms with Crippen molar-refractivity contribution in [1.82, 2.24) is 9.55 Å². The summed E-state index contributed by atoms with van der Waals surface area (Å²) in [6.45, 7) is 8.88. The van der Waals surface area contributed by atoms with Crippen molar-refractivity contribution < 1.29 is 8.42 Å². The molecule has 0 atom stereocenters. The smallest absolute Gasteiger partial charge is 0.262 e. The fourth-order valence-electron chi connectivity index (χ4n) is 4.22. The van der Waals surface area contributed by atoms with Gasteiger partial charge in [-0.3, -0.25) is 4.72 Å². The first-order valence-corrected chi connectivity index (χ1v) is 12.9. The van der Waals surface area contributed by atoms with Crippen LogP contribution in [0.2, 0.25) is 0 Å². The maximum atomic E-state index is 12.9. The number of nitrogens with one attached hydrogen (secondary N) is 1. The highest BCUT2D eigenvalue weighted by atomic mass is 32.2. The summed E-state index contributed by atoms with van der Waals surface area (Å²) in [5.41, 5.74) is 6.73. The Balaban J connectivity index is 1.48. The maximum absolute atomic E-state index is 12.9. The number of aryl methyl sites for hydroxylation is 6. The number of sulfonamides is 1. The minimum Gasteiger partial charge on any atom is -0.328 e. The molecule has 0 aliphatic heterocycles. The molecule has 4 aromatic rings. The number of rotatable bonds is 8. The molecular formula is C27H31N3O2S. The first kappa shape index (κ1) is 23.1. The monoisotopic (exact) mass is 461 g/mol. The van der Waals surface area contributed by atoms with Crippen LogP contribution in [0.15, 0.2) is 65.6 Å². The number of anilines is 1. The van der Waals surface area contributed by atoms with Gasteiger partial charge in [-0.1, -0.05) is 37.3 Å². The lowest BCUT2D eigenvalue weighted by Crippen LogP contribution is -2.14. The fourth-order valence-corrected chi connectivity index (χ4v) is 5.59. The number of hydrogen-bond acceptors (Lipinski definition) is 3. The summed E-state index contributed by atoms with van der Waals surface area (Å²) in [6, 6.07) is 19.5. The van der Waals surface area contributed by atoms with Gasteiger partial charge in [0.1, 0.15) is 5.82 Å². The minimum absolute atomic E-state index is 0.324. The van der Waals surface area contributed by atoms with Crippen LogP contribution in [-0.2, 0) is 29.4 Å². The molecule has 3 aromatic carbocycles. The number of fused-ring (bicyclic) bond motifs is 1. The van der Waals surface area contributed by atoms with Gasteiger partial charge in [0.2, 0.25) is 0 Å². The van der Waals surface area contributed by atoms with Crippen LogP contribution in [0.5, 0.6) is 0 Å². The zero-order valence-electron chi connectivity index (χ0n) is 19.7. The number of aromatic nitrogens is 2. The van der Waals surface area contributed by atoms with E-state index >= 15 is 0 Å². The highest BCUT2D eigenvalue weighted by molar-refractivity contribution is 7.92. The van der Waals surface area contributed by atoms with Crippen LogP contribution in [0, 0.1) is 20.8 Å². The molecule has 0 spiro atoms. The molecule has 0 saturated heterocycles. The zero-order valence-corrected chi connectivity index (χ0v) is 20.5. The summed E-state index contributed by atoms with van der Waals surface area (Å²) in [5, 5.41) is 0. The van der Waals surface area contributed by atoms with Crippen molar-refractivity contribution in [2.24, 2.45) is 0 Å². The van der Waals surface area contributed by atoms with Crippen LogP contribution in [0.1, 0.15) is 41.4 Å². The molecule has 5 nitrogen and oxygen atoms in total. The normalized spacial score (nSPS) is 11.8. The van der Waals surface area contributed by atoms with Gasteiger partial charge in [0, 0.05) is 18.7 Å². The molecule has 0 unspecified atom stereocenters. The summed E-state index contributed by atoms with van der Waals surface area (Å²) in [4.78, 5) is 5.16. The predicted octanol–water partition coefficient (Wildman–Crippen LogP) is 5.96. The summed E-state index contributed by atoms with van der Waals surface area (Å²) >= 11 is 0. The first-order chi connectivity index (χ1) is 15.8. The summed E-state index contributed by atoms with van der Waals surface area (Å²) < 4.78 is 30.9. The van der Waals surface area contributed by atoms with E-state index in [0.29, 0.717) is 10.6 Å². The van der Waals surface area contributed by atoms with Gasteiger partial charge in [0.15, 0.2) is 0 Å². The molecule has 0 amide bonds. The SMILES string of the molecule is CCCn1c(CCc2ccc(NS(=O)(=O)c3cc(C)c(C)cc3C)cc2)nc2ccccc21. The Kier molecular flexibility index (Phi) is 6.56. The van der Waals surface area contributed by atoms with E-state index in [1.54, 1.807) is 6.07 Å². The quantitative estimate of drug-likeness (QED) is 0.352. The van der Waals surface area contributed by atoms with Crippen molar-refractivity contribution in [3.63, 3.8) is 0 Å². The molecule has 172 valence electrons. The second-order valence-electron chi connectivity index (χ2n) is 8.67. The van der Waals surface area contributed by atoms with E-state index < -0.39 is 10.0 Å². The molecule has 0 fully saturated rings. The highest BCUT2D eigenvalue weighted by Crippen LogP contribution is 2.24. The topological polar surface area (TPSA) is 64.0 Å². The van der Waals surface area contributed by atoms with Gasteiger partial charge in [-0.2, -0.15) is 0 Å². The number of para-hydroxylation sites is 2. The fraction of sp³-hybridized carbons (Fsp3) is 0.296. The van der Waals surface area contributed by atoms with E-state index in [1.807, 2.05) is 57.2 Å². The van der Waals surface area contributed by atoms with E-state index in [2.05, 4.69) is 34.4 Å². The lowest BCUT2D eigenvalue weighted by atomic mass is 10.1. The Hall–Kier alpha value is -3.12. The van der Waals surface area contributed by atoms with Crippen molar-refractivity contribution >= 4 is 26.7 Å². The van der Waals surface area contributed by atoms with Crippen molar-refractivity contribution in [2.45, 2.75) is 58.4 Å². The van der Waals surface area contributed by atoms with E-state index in [1.165, 1.54) is 5.52 Å². The van der Waals surface area contributed by atoms with Crippen LogP contribution in [0.4, 0.5) is 5.69 Å². The number of hydrogen-bond donors (Lipinski definition) is 1. The van der Waals surface area contributed by atoms with Crippen LogP contribution in [0.25, 0.3) is 11.0 Å². The summed E-state index contributed by atoms with van der Waals surface area (Å²) in [5.74, 6) is 1.09. The molecule has 0 saturated carbocycles. The first-order valence-electron chi connectivity index (χ1n) is 11.4. The molecule has 6 heteroatoms. The second-order valence-corrected chi connectivity index (χ2v) is 10.3. The Morgan fingerprint density at radius 3 is 2.30 bits per heavy atom. The van der Waals surface area contributed by atoms with E-state index in [-0.39, 0.29) is 0 Å². The van der Waals surface area contributed by atoms with Gasteiger partial charge in [0.25, 0.3) is 10.0 Å². The predicted molar refractivity (Wildman–Crippen MR) is 135 cm³/mol. The van der Waals surface area contributed by atoms with E-state index in [9.17, 15) is 8.42 Å². The molecule has 0 aliphatic rings. The minimum atomic E-state index is -3.64. The van der Waals surface area contributed by atoms with Crippen molar-refractivity contribution in [3.8, 4) is 0 Å². The summed E-state index contributed by atoms with van der Waals surface area (Å²) in [6.07, 6.45) is 2.74. The van der Waals surface area contributed by atoms with Gasteiger partial charge in [-0.15, -0.1) is 0 Å². The van der Waals surface area contributed by atoms with Crippen molar-refractivity contribution in [3.05, 3.63) is 88.7 Å². The van der Waals surface area contributed by atoms with Crippen molar-refractivity contribution in [1.29, 1.82) is 0 Å². The number of benzene rings is 3. The van der Waals surface area contributed by atoms with Gasteiger partial charge in [-0.25, -0.2) is 13.4 Å². The van der Waals surface area contributed by atoms with Crippen LogP contribution < -0.4 is 4.72 Å². The molecule has 1 aromatic heterocycles. The van der Waals surface area contributed by atoms with E-state index in [0.717, 1.165) is 59.4 Å². The molecule has 0 aliphatic carbocycles. The maximum Gasteiger partial charge on any atom is 0.262 e. The Bertz CT molecular complexity index is 1390. The zero-order chi connectivity index (χ0) is 23.6. The third-order valence-electron chi connectivity index (χ3n) is 6.11. The summed E-state index contributed by atoms with van der Waals surface area (Å²) in [7, 11) is -3.64. The lowest BCUT2D eigenvalue weighted by Gasteiger charge is -2.13. The number of nitrogens with zero attached hydrogens (tertiary/aromatic N) is 2. The van der Waals surface area contributed by atoms with Gasteiger partial charge in [-0.05, 0) is 86.2 Å². The van der Waals surface area contributed by atoms with Crippen LogP contribution in [0.3, 0.4) is 0 Å². The van der Waals surface area contributed by atoms with Gasteiger partial charge in [0.05, 0.1) is 15.9 Å². The highest BCUT2D eigenvalue weighted by Gasteiger charge is 2.18. The average Bonchev–Trinajstić information content (AvgIpc) is 3.13. The Labute approximate surface area is 196 Å². The molecule has 0 bridgehead atoms.